The Bertz CT molecular complexity index is 293. The Kier molecular flexibility index (Phi) is 5.06. The zero-order valence-corrected chi connectivity index (χ0v) is 9.84. The molecule has 0 saturated heterocycles. The molecule has 0 unspecified atom stereocenters. The number of nitrogens with one attached hydrogen (secondary N) is 2. The average Bonchev–Trinajstić information content (AvgIpc) is 2.68. The molecule has 0 fully saturated rings. The number of nitrogens with two attached hydrogens (primary N) is 1. The molecule has 0 spiro atoms. The quantitative estimate of drug-likeness (QED) is 0.303. The van der Waals surface area contributed by atoms with Crippen molar-refractivity contribution in [2.45, 2.75) is 26.3 Å². The van der Waals surface area contributed by atoms with Gasteiger partial charge in [-0.1, -0.05) is 0 Å². The molecule has 1 aromatic rings. The minimum Gasteiger partial charge on any atom is -0.353 e. The summed E-state index contributed by atoms with van der Waals surface area (Å²) in [6.07, 6.45) is 2.65. The van der Waals surface area contributed by atoms with Crippen molar-refractivity contribution in [2.24, 2.45) is 10.8 Å². The van der Waals surface area contributed by atoms with Crippen molar-refractivity contribution in [3.63, 3.8) is 0 Å². The summed E-state index contributed by atoms with van der Waals surface area (Å²) in [6.45, 7) is 4.76. The number of rotatable bonds is 4. The van der Waals surface area contributed by atoms with Crippen molar-refractivity contribution in [3.05, 3.63) is 16.6 Å². The van der Waals surface area contributed by atoms with E-state index in [4.69, 9.17) is 5.84 Å². The second-order valence-electron chi connectivity index (χ2n) is 3.35. The maximum absolute atomic E-state index is 5.32. The molecule has 84 valence electrons. The monoisotopic (exact) mass is 227 g/mol. The topological polar surface area (TPSA) is 75.3 Å². The van der Waals surface area contributed by atoms with Crippen LogP contribution in [0.5, 0.6) is 0 Å². The first-order valence-corrected chi connectivity index (χ1v) is 5.76. The lowest BCUT2D eigenvalue weighted by atomic mass is 10.4. The van der Waals surface area contributed by atoms with Crippen LogP contribution in [0, 0.1) is 0 Å². The molecule has 0 aliphatic carbocycles. The Morgan fingerprint density at radius 1 is 1.67 bits per heavy atom. The largest absolute Gasteiger partial charge is 0.353 e. The van der Waals surface area contributed by atoms with Crippen LogP contribution in [-0.4, -0.2) is 23.5 Å². The van der Waals surface area contributed by atoms with E-state index in [0.717, 1.165) is 11.4 Å². The standard InChI is InChI=1S/C9H17N5S/c1-7(2)13-9(14-10)12-4-3-8-11-5-6-15-8/h5-7H,3-4,10H2,1-2H3,(H2,12,13,14). The molecule has 0 radical (unpaired) electrons. The Morgan fingerprint density at radius 2 is 2.47 bits per heavy atom. The Labute approximate surface area is 93.8 Å². The predicted octanol–water partition coefficient (Wildman–Crippen LogP) is 0.503. The number of hydrogen-bond donors (Lipinski definition) is 3. The third-order valence-corrected chi connectivity index (χ3v) is 2.48. The number of hydrazine groups is 1. The van der Waals surface area contributed by atoms with Gasteiger partial charge in [0, 0.05) is 30.6 Å². The van der Waals surface area contributed by atoms with E-state index in [1.807, 2.05) is 19.2 Å². The van der Waals surface area contributed by atoms with Gasteiger partial charge in [0.25, 0.3) is 0 Å². The van der Waals surface area contributed by atoms with Gasteiger partial charge in [-0.3, -0.25) is 10.4 Å². The first kappa shape index (κ1) is 11.9. The summed E-state index contributed by atoms with van der Waals surface area (Å²) in [4.78, 5) is 8.47. The number of aromatic nitrogens is 1. The van der Waals surface area contributed by atoms with Gasteiger partial charge < -0.3 is 5.32 Å². The van der Waals surface area contributed by atoms with E-state index < -0.39 is 0 Å². The van der Waals surface area contributed by atoms with Crippen LogP contribution in [0.15, 0.2) is 16.6 Å². The minimum absolute atomic E-state index is 0.319. The second kappa shape index (κ2) is 6.36. The number of aliphatic imine (C=N–C) groups is 1. The lowest BCUT2D eigenvalue weighted by Crippen LogP contribution is -2.44. The van der Waals surface area contributed by atoms with Crippen LogP contribution in [0.25, 0.3) is 0 Å². The summed E-state index contributed by atoms with van der Waals surface area (Å²) < 4.78 is 0. The van der Waals surface area contributed by atoms with Crippen molar-refractivity contribution < 1.29 is 0 Å². The number of nitrogens with zero attached hydrogens (tertiary/aromatic N) is 2. The van der Waals surface area contributed by atoms with E-state index in [1.54, 1.807) is 17.5 Å². The van der Waals surface area contributed by atoms with Crippen molar-refractivity contribution >= 4 is 17.3 Å². The van der Waals surface area contributed by atoms with Crippen LogP contribution in [0.2, 0.25) is 0 Å². The van der Waals surface area contributed by atoms with Gasteiger partial charge in [-0.2, -0.15) is 0 Å². The number of hydrogen-bond acceptors (Lipinski definition) is 4. The predicted molar refractivity (Wildman–Crippen MR) is 63.7 cm³/mol. The summed E-state index contributed by atoms with van der Waals surface area (Å²) in [7, 11) is 0. The molecule has 0 bridgehead atoms. The molecule has 0 amide bonds. The normalized spacial score (nSPS) is 11.9. The highest BCUT2D eigenvalue weighted by molar-refractivity contribution is 7.09. The van der Waals surface area contributed by atoms with Crippen LogP contribution in [0.1, 0.15) is 18.9 Å². The van der Waals surface area contributed by atoms with Crippen LogP contribution in [0.4, 0.5) is 0 Å². The SMILES string of the molecule is CC(C)NC(=NCCc1nccs1)NN. The lowest BCUT2D eigenvalue weighted by Gasteiger charge is -2.11. The molecule has 6 heteroatoms. The summed E-state index contributed by atoms with van der Waals surface area (Å²) >= 11 is 1.64. The molecule has 1 rings (SSSR count). The molecular weight excluding hydrogens is 210 g/mol. The van der Waals surface area contributed by atoms with Crippen molar-refractivity contribution in [3.8, 4) is 0 Å². The van der Waals surface area contributed by atoms with Crippen LogP contribution in [-0.2, 0) is 6.42 Å². The summed E-state index contributed by atoms with van der Waals surface area (Å²) in [5.41, 5.74) is 2.54. The van der Waals surface area contributed by atoms with Crippen LogP contribution < -0.4 is 16.6 Å². The molecule has 0 aliphatic heterocycles. The summed E-state index contributed by atoms with van der Waals surface area (Å²) in [6, 6.07) is 0.319. The first-order chi connectivity index (χ1) is 7.22. The second-order valence-corrected chi connectivity index (χ2v) is 4.33. The molecule has 5 nitrogen and oxygen atoms in total. The van der Waals surface area contributed by atoms with Crippen molar-refractivity contribution in [1.29, 1.82) is 0 Å². The van der Waals surface area contributed by atoms with Crippen LogP contribution >= 0.6 is 11.3 Å². The van der Waals surface area contributed by atoms with Crippen LogP contribution in [0.3, 0.4) is 0 Å². The molecule has 1 aromatic heterocycles. The number of thiazole rings is 1. The molecule has 4 N–H and O–H groups in total. The van der Waals surface area contributed by atoms with Gasteiger partial charge in [0.05, 0.1) is 5.01 Å². The Morgan fingerprint density at radius 3 is 3.00 bits per heavy atom. The fourth-order valence-corrected chi connectivity index (χ4v) is 1.66. The van der Waals surface area contributed by atoms with Gasteiger partial charge in [0.15, 0.2) is 0 Å². The fourth-order valence-electron chi connectivity index (χ4n) is 1.05. The third kappa shape index (κ3) is 4.75. The first-order valence-electron chi connectivity index (χ1n) is 4.88. The Hall–Kier alpha value is -1.14. The molecule has 1 heterocycles. The van der Waals surface area contributed by atoms with E-state index in [9.17, 15) is 0 Å². The molecule has 0 saturated carbocycles. The van der Waals surface area contributed by atoms with Gasteiger partial charge in [0.2, 0.25) is 5.96 Å². The minimum atomic E-state index is 0.319. The van der Waals surface area contributed by atoms with E-state index in [0.29, 0.717) is 18.5 Å². The zero-order valence-electron chi connectivity index (χ0n) is 9.03. The number of guanidine groups is 1. The van der Waals surface area contributed by atoms with Gasteiger partial charge in [-0.05, 0) is 13.8 Å². The van der Waals surface area contributed by atoms with Gasteiger partial charge >= 0.3 is 0 Å². The van der Waals surface area contributed by atoms with E-state index in [-0.39, 0.29) is 0 Å². The highest BCUT2D eigenvalue weighted by Gasteiger charge is 1.98. The van der Waals surface area contributed by atoms with Crippen molar-refractivity contribution in [2.75, 3.05) is 6.54 Å². The maximum Gasteiger partial charge on any atom is 0.205 e. The molecule has 0 aliphatic rings. The van der Waals surface area contributed by atoms with E-state index in [1.165, 1.54) is 0 Å². The third-order valence-electron chi connectivity index (χ3n) is 1.64. The summed E-state index contributed by atoms with van der Waals surface area (Å²) in [5.74, 6) is 5.95. The molecule has 15 heavy (non-hydrogen) atoms. The zero-order chi connectivity index (χ0) is 11.1. The highest BCUT2D eigenvalue weighted by atomic mass is 32.1. The molecule has 0 aromatic carbocycles. The lowest BCUT2D eigenvalue weighted by molar-refractivity contribution is 0.702. The molecular formula is C9H17N5S. The van der Waals surface area contributed by atoms with E-state index in [2.05, 4.69) is 20.7 Å². The summed E-state index contributed by atoms with van der Waals surface area (Å²) in [5, 5.41) is 6.17. The fraction of sp³-hybridized carbons (Fsp3) is 0.556. The van der Waals surface area contributed by atoms with E-state index >= 15 is 0 Å². The Balaban J connectivity index is 2.34. The molecule has 0 atom stereocenters. The average molecular weight is 227 g/mol. The van der Waals surface area contributed by atoms with Crippen molar-refractivity contribution in [1.82, 2.24) is 15.7 Å². The van der Waals surface area contributed by atoms with Gasteiger partial charge in [0.1, 0.15) is 0 Å². The smallest absolute Gasteiger partial charge is 0.205 e. The maximum atomic E-state index is 5.32. The van der Waals surface area contributed by atoms with Gasteiger partial charge in [-0.15, -0.1) is 11.3 Å². The highest BCUT2D eigenvalue weighted by Crippen LogP contribution is 2.04. The van der Waals surface area contributed by atoms with Gasteiger partial charge in [-0.25, -0.2) is 10.8 Å².